The fourth-order valence-electron chi connectivity index (χ4n) is 2.82. The number of hydrogen-bond acceptors (Lipinski definition) is 8. The molecule has 3 rings (SSSR count). The van der Waals surface area contributed by atoms with Gasteiger partial charge in [0.1, 0.15) is 24.1 Å². The van der Waals surface area contributed by atoms with Gasteiger partial charge in [0.05, 0.1) is 12.9 Å². The highest BCUT2D eigenvalue weighted by Crippen LogP contribution is 2.38. The van der Waals surface area contributed by atoms with Crippen LogP contribution in [0.5, 0.6) is 0 Å². The lowest BCUT2D eigenvalue weighted by Gasteiger charge is -2.25. The predicted molar refractivity (Wildman–Crippen MR) is 90.9 cm³/mol. The zero-order valence-corrected chi connectivity index (χ0v) is 14.4. The third kappa shape index (κ3) is 3.11. The van der Waals surface area contributed by atoms with Gasteiger partial charge >= 0.3 is 0 Å². The van der Waals surface area contributed by atoms with Crippen LogP contribution in [0.1, 0.15) is 27.0 Å². The molecule has 25 heavy (non-hydrogen) atoms. The number of imidazole rings is 1. The third-order valence-corrected chi connectivity index (χ3v) is 4.40. The fraction of sp³-hybridized carbons (Fsp3) is 0.562. The summed E-state index contributed by atoms with van der Waals surface area (Å²) in [5.41, 5.74) is 0.608. The molecule has 0 saturated carbocycles. The third-order valence-electron chi connectivity index (χ3n) is 4.40. The second-order valence-electron chi connectivity index (χ2n) is 6.58. The summed E-state index contributed by atoms with van der Waals surface area (Å²) in [5.74, 6) is 0.569. The van der Waals surface area contributed by atoms with Gasteiger partial charge in [-0.15, -0.1) is 0 Å². The number of allylic oxidation sites excluding steroid dienone is 1. The van der Waals surface area contributed by atoms with E-state index in [9.17, 15) is 15.3 Å². The molecule has 0 bridgehead atoms. The van der Waals surface area contributed by atoms with Gasteiger partial charge in [-0.05, 0) is 20.8 Å². The molecule has 4 N–H and O–H groups in total. The lowest BCUT2D eigenvalue weighted by molar-refractivity contribution is -0.0804. The monoisotopic (exact) mass is 349 g/mol. The lowest BCUT2D eigenvalue weighted by Crippen LogP contribution is -2.46. The largest absolute Gasteiger partial charge is 0.394 e. The molecule has 1 aliphatic heterocycles. The van der Waals surface area contributed by atoms with Crippen molar-refractivity contribution in [3.8, 4) is 0 Å². The smallest absolute Gasteiger partial charge is 0.167 e. The molecule has 4 atom stereocenters. The molecule has 0 radical (unpaired) electrons. The van der Waals surface area contributed by atoms with Crippen molar-refractivity contribution in [1.29, 1.82) is 0 Å². The summed E-state index contributed by atoms with van der Waals surface area (Å²) in [6.45, 7) is 5.64. The van der Waals surface area contributed by atoms with Gasteiger partial charge < -0.3 is 25.4 Å². The van der Waals surface area contributed by atoms with E-state index in [2.05, 4.69) is 20.3 Å². The maximum absolute atomic E-state index is 10.4. The number of aromatic nitrogens is 4. The number of rotatable bonds is 5. The van der Waals surface area contributed by atoms with Crippen LogP contribution in [0, 0.1) is 0 Å². The number of aliphatic hydroxyl groups is 3. The van der Waals surface area contributed by atoms with Crippen molar-refractivity contribution in [2.24, 2.45) is 0 Å². The summed E-state index contributed by atoms with van der Waals surface area (Å²) >= 11 is 0. The average Bonchev–Trinajstić information content (AvgIpc) is 3.08. The van der Waals surface area contributed by atoms with Crippen molar-refractivity contribution in [1.82, 2.24) is 19.5 Å². The number of nitrogens with zero attached hydrogens (tertiary/aromatic N) is 4. The molecule has 2 aromatic rings. The SMILES string of the molecule is CC(C)=CCNc1ncnc2c1ncn2[C@@H]1O[C@H](CO)[C@@](C)(O)C1O. The van der Waals surface area contributed by atoms with E-state index < -0.39 is 30.6 Å². The van der Waals surface area contributed by atoms with Gasteiger partial charge in [0.15, 0.2) is 23.2 Å². The van der Waals surface area contributed by atoms with Crippen LogP contribution in [-0.4, -0.2) is 65.8 Å². The Morgan fingerprint density at radius 1 is 1.40 bits per heavy atom. The minimum atomic E-state index is -1.58. The molecule has 0 spiro atoms. The molecule has 2 aromatic heterocycles. The Balaban J connectivity index is 1.93. The number of ether oxygens (including phenoxy) is 1. The number of aliphatic hydroxyl groups excluding tert-OH is 2. The van der Waals surface area contributed by atoms with E-state index in [4.69, 9.17) is 4.74 Å². The molecular formula is C16H23N5O4. The van der Waals surface area contributed by atoms with E-state index in [1.165, 1.54) is 29.7 Å². The maximum Gasteiger partial charge on any atom is 0.167 e. The molecule has 0 aromatic carbocycles. The quantitative estimate of drug-likeness (QED) is 0.564. The molecular weight excluding hydrogens is 326 g/mol. The van der Waals surface area contributed by atoms with Crippen molar-refractivity contribution < 1.29 is 20.1 Å². The fourth-order valence-corrected chi connectivity index (χ4v) is 2.82. The van der Waals surface area contributed by atoms with Gasteiger partial charge in [-0.25, -0.2) is 15.0 Å². The number of nitrogens with one attached hydrogen (secondary N) is 1. The summed E-state index contributed by atoms with van der Waals surface area (Å²) < 4.78 is 7.17. The number of hydrogen-bond donors (Lipinski definition) is 4. The second-order valence-corrected chi connectivity index (χ2v) is 6.58. The van der Waals surface area contributed by atoms with Gasteiger partial charge in [0.25, 0.3) is 0 Å². The van der Waals surface area contributed by atoms with E-state index >= 15 is 0 Å². The Labute approximate surface area is 145 Å². The Morgan fingerprint density at radius 3 is 2.80 bits per heavy atom. The van der Waals surface area contributed by atoms with Crippen molar-refractivity contribution in [3.05, 3.63) is 24.3 Å². The molecule has 0 amide bonds. The minimum absolute atomic E-state index is 0.405. The summed E-state index contributed by atoms with van der Waals surface area (Å²) in [6.07, 6.45) is 1.86. The molecule has 1 fully saturated rings. The molecule has 3 heterocycles. The Bertz CT molecular complexity index is 784. The van der Waals surface area contributed by atoms with Crippen LogP contribution >= 0.6 is 0 Å². The van der Waals surface area contributed by atoms with Gasteiger partial charge in [-0.1, -0.05) is 11.6 Å². The summed E-state index contributed by atoms with van der Waals surface area (Å²) in [7, 11) is 0. The first-order valence-electron chi connectivity index (χ1n) is 8.07. The molecule has 1 aliphatic rings. The van der Waals surface area contributed by atoms with Crippen LogP contribution in [0.4, 0.5) is 5.82 Å². The van der Waals surface area contributed by atoms with E-state index in [1.807, 2.05) is 19.9 Å². The van der Waals surface area contributed by atoms with Crippen molar-refractivity contribution in [2.45, 2.75) is 44.8 Å². The molecule has 1 unspecified atom stereocenters. The normalized spacial score (nSPS) is 29.1. The Hall–Kier alpha value is -2.07. The first-order chi connectivity index (χ1) is 11.9. The van der Waals surface area contributed by atoms with Crippen LogP contribution in [0.25, 0.3) is 11.2 Å². The predicted octanol–water partition coefficient (Wildman–Crippen LogP) is 0.206. The van der Waals surface area contributed by atoms with Crippen LogP contribution in [-0.2, 0) is 4.74 Å². The van der Waals surface area contributed by atoms with Crippen LogP contribution in [0.3, 0.4) is 0 Å². The van der Waals surface area contributed by atoms with E-state index in [1.54, 1.807) is 0 Å². The van der Waals surface area contributed by atoms with E-state index in [0.717, 1.165) is 0 Å². The van der Waals surface area contributed by atoms with E-state index in [-0.39, 0.29) is 0 Å². The highest BCUT2D eigenvalue weighted by molar-refractivity contribution is 5.82. The topological polar surface area (TPSA) is 126 Å². The van der Waals surface area contributed by atoms with Crippen molar-refractivity contribution in [2.75, 3.05) is 18.5 Å². The van der Waals surface area contributed by atoms with Gasteiger partial charge in [0, 0.05) is 6.54 Å². The second kappa shape index (κ2) is 6.68. The molecule has 136 valence electrons. The first-order valence-corrected chi connectivity index (χ1v) is 8.07. The van der Waals surface area contributed by atoms with Crippen LogP contribution in [0.15, 0.2) is 24.3 Å². The molecule has 9 nitrogen and oxygen atoms in total. The Kier molecular flexibility index (Phi) is 4.74. The molecule has 0 aliphatic carbocycles. The number of fused-ring (bicyclic) bond motifs is 1. The molecule has 1 saturated heterocycles. The standard InChI is InChI=1S/C16H23N5O4/c1-9(2)4-5-17-13-11-14(19-7-18-13)21(8-20-11)15-12(23)16(3,24)10(6-22)25-15/h4,7-8,10,12,15,22-24H,5-6H2,1-3H3,(H,17,18,19)/t10-,12?,15-,16-/m1/s1. The highest BCUT2D eigenvalue weighted by atomic mass is 16.6. The zero-order valence-electron chi connectivity index (χ0n) is 14.4. The lowest BCUT2D eigenvalue weighted by atomic mass is 9.95. The van der Waals surface area contributed by atoms with E-state index in [0.29, 0.717) is 23.5 Å². The minimum Gasteiger partial charge on any atom is -0.394 e. The summed E-state index contributed by atoms with van der Waals surface area (Å²) in [6, 6.07) is 0. The van der Waals surface area contributed by atoms with Crippen LogP contribution < -0.4 is 5.32 Å². The number of anilines is 1. The Morgan fingerprint density at radius 2 is 2.16 bits per heavy atom. The van der Waals surface area contributed by atoms with Crippen molar-refractivity contribution >= 4 is 17.0 Å². The van der Waals surface area contributed by atoms with Gasteiger partial charge in [-0.3, -0.25) is 4.57 Å². The molecule has 9 heteroatoms. The summed E-state index contributed by atoms with van der Waals surface area (Å²) in [4.78, 5) is 12.7. The highest BCUT2D eigenvalue weighted by Gasteiger charge is 2.52. The van der Waals surface area contributed by atoms with Gasteiger partial charge in [0.2, 0.25) is 0 Å². The first kappa shape index (κ1) is 17.7. The zero-order chi connectivity index (χ0) is 18.2. The summed E-state index contributed by atoms with van der Waals surface area (Å²) in [5, 5.41) is 33.3. The van der Waals surface area contributed by atoms with Crippen LogP contribution in [0.2, 0.25) is 0 Å². The maximum atomic E-state index is 10.4. The van der Waals surface area contributed by atoms with Crippen molar-refractivity contribution in [3.63, 3.8) is 0 Å². The average molecular weight is 349 g/mol. The van der Waals surface area contributed by atoms with Gasteiger partial charge in [-0.2, -0.15) is 0 Å².